The monoisotopic (exact) mass is 159 g/mol. The molecule has 0 aliphatic rings. The highest BCUT2D eigenvalue weighted by Crippen LogP contribution is 2.12. The molecule has 12 heavy (non-hydrogen) atoms. The molecule has 2 rings (SSSR count). The molecule has 4 heteroatoms. The Hall–Kier alpha value is -1.32. The molecular weight excluding hydrogens is 149 g/mol. The highest BCUT2D eigenvalue weighted by atomic mass is 15.4. The van der Waals surface area contributed by atoms with E-state index in [0.717, 1.165) is 11.0 Å². The van der Waals surface area contributed by atoms with Gasteiger partial charge in [0.2, 0.25) is 0 Å². The number of benzene rings is 1. The Morgan fingerprint density at radius 2 is 2.17 bits per heavy atom. The van der Waals surface area contributed by atoms with Crippen LogP contribution in [0.4, 0.5) is 0 Å². The lowest BCUT2D eigenvalue weighted by Crippen LogP contribution is -2.05. The number of para-hydroxylation sites is 1. The lowest BCUT2D eigenvalue weighted by atomic mass is 9.99. The van der Waals surface area contributed by atoms with Crippen LogP contribution in [0, 0.1) is 0 Å². The molecule has 1 aromatic heterocycles. The van der Waals surface area contributed by atoms with Gasteiger partial charge >= 0.3 is 0 Å². The van der Waals surface area contributed by atoms with E-state index in [1.807, 2.05) is 28.9 Å². The topological polar surface area (TPSA) is 30.7 Å². The molecule has 0 amide bonds. The maximum Gasteiger partial charge on any atom is 0.133 e. The average molecular weight is 159 g/mol. The summed E-state index contributed by atoms with van der Waals surface area (Å²) in [6.45, 7) is 2.10. The van der Waals surface area contributed by atoms with Gasteiger partial charge in [-0.05, 0) is 12.1 Å². The molecule has 0 saturated carbocycles. The predicted molar refractivity (Wildman–Crippen MR) is 50.8 cm³/mol. The third kappa shape index (κ3) is 0.997. The zero-order chi connectivity index (χ0) is 8.55. The summed E-state index contributed by atoms with van der Waals surface area (Å²) in [4.78, 5) is 0. The number of hydrogen-bond acceptors (Lipinski definition) is 2. The molecule has 1 atom stereocenters. The molecule has 0 fully saturated rings. The molecule has 0 saturated heterocycles. The fraction of sp³-hybridized carbons (Fsp3) is 0.250. The largest absolute Gasteiger partial charge is 0.250 e. The quantitative estimate of drug-likeness (QED) is 0.570. The summed E-state index contributed by atoms with van der Waals surface area (Å²) in [6.07, 6.45) is 0. The number of aromatic nitrogens is 3. The van der Waals surface area contributed by atoms with E-state index in [9.17, 15) is 0 Å². The Morgan fingerprint density at radius 3 is 2.92 bits per heavy atom. The van der Waals surface area contributed by atoms with Crippen molar-refractivity contribution in [3.8, 4) is 0 Å². The van der Waals surface area contributed by atoms with Crippen LogP contribution in [0.3, 0.4) is 0 Å². The van der Waals surface area contributed by atoms with Crippen LogP contribution in [0.2, 0.25) is 0 Å². The molecular formula is C8H10BN3. The Kier molecular flexibility index (Phi) is 1.61. The van der Waals surface area contributed by atoms with Crippen molar-refractivity contribution in [2.45, 2.75) is 12.9 Å². The van der Waals surface area contributed by atoms with Crippen LogP contribution in [0.1, 0.15) is 12.9 Å². The Balaban J connectivity index is 2.70. The van der Waals surface area contributed by atoms with Gasteiger partial charge in [-0.15, -0.1) is 5.10 Å². The Labute approximate surface area is 71.8 Å². The summed E-state index contributed by atoms with van der Waals surface area (Å²) in [7, 11) is 2.10. The molecule has 0 aliphatic carbocycles. The van der Waals surface area contributed by atoms with E-state index in [0.29, 0.717) is 5.94 Å². The standard InChI is InChI=1S/C8H10BN3/c1-6(9)12-8-5-3-2-4-7(8)10-11-12/h2-6H,9H2,1H3. The highest BCUT2D eigenvalue weighted by Gasteiger charge is 2.04. The maximum absolute atomic E-state index is 4.06. The molecule has 0 radical (unpaired) electrons. The van der Waals surface area contributed by atoms with E-state index in [1.165, 1.54) is 0 Å². The second-order valence-corrected chi connectivity index (χ2v) is 3.12. The van der Waals surface area contributed by atoms with Gasteiger partial charge in [-0.1, -0.05) is 24.3 Å². The lowest BCUT2D eigenvalue weighted by molar-refractivity contribution is 0.622. The number of nitrogens with zero attached hydrogens (tertiary/aromatic N) is 3. The number of fused-ring (bicyclic) bond motifs is 1. The van der Waals surface area contributed by atoms with Gasteiger partial charge in [0.25, 0.3) is 0 Å². The summed E-state index contributed by atoms with van der Waals surface area (Å²) in [5.41, 5.74) is 2.07. The number of rotatable bonds is 1. The Bertz CT molecular complexity index is 394. The first-order valence-electron chi connectivity index (χ1n) is 4.09. The van der Waals surface area contributed by atoms with Crippen molar-refractivity contribution in [3.05, 3.63) is 24.3 Å². The fourth-order valence-corrected chi connectivity index (χ4v) is 1.27. The number of hydrogen-bond donors (Lipinski definition) is 0. The first-order chi connectivity index (χ1) is 5.79. The maximum atomic E-state index is 4.06. The van der Waals surface area contributed by atoms with Gasteiger partial charge in [-0.3, -0.25) is 4.68 Å². The van der Waals surface area contributed by atoms with Gasteiger partial charge in [0.1, 0.15) is 13.4 Å². The SMILES string of the molecule is BC(C)n1nnc2ccccc21. The van der Waals surface area contributed by atoms with E-state index in [2.05, 4.69) is 25.1 Å². The van der Waals surface area contributed by atoms with E-state index >= 15 is 0 Å². The molecule has 60 valence electrons. The van der Waals surface area contributed by atoms with Crippen molar-refractivity contribution in [3.63, 3.8) is 0 Å². The third-order valence-electron chi connectivity index (χ3n) is 1.87. The third-order valence-corrected chi connectivity index (χ3v) is 1.87. The summed E-state index contributed by atoms with van der Waals surface area (Å²) >= 11 is 0. The van der Waals surface area contributed by atoms with Gasteiger partial charge in [0.15, 0.2) is 0 Å². The van der Waals surface area contributed by atoms with E-state index in [-0.39, 0.29) is 0 Å². The highest BCUT2D eigenvalue weighted by molar-refractivity contribution is 6.10. The van der Waals surface area contributed by atoms with Gasteiger partial charge in [0.05, 0.1) is 5.52 Å². The molecule has 1 heterocycles. The predicted octanol–water partition coefficient (Wildman–Crippen LogP) is 0.583. The second-order valence-electron chi connectivity index (χ2n) is 3.12. The van der Waals surface area contributed by atoms with E-state index in [1.54, 1.807) is 0 Å². The van der Waals surface area contributed by atoms with Crippen LogP contribution in [0.25, 0.3) is 11.0 Å². The normalized spacial score (nSPS) is 13.4. The fourth-order valence-electron chi connectivity index (χ4n) is 1.27. The minimum absolute atomic E-state index is 0.373. The molecule has 0 spiro atoms. The molecule has 0 aliphatic heterocycles. The van der Waals surface area contributed by atoms with Gasteiger partial charge in [-0.25, -0.2) is 0 Å². The van der Waals surface area contributed by atoms with Crippen LogP contribution in [-0.2, 0) is 0 Å². The summed E-state index contributed by atoms with van der Waals surface area (Å²) < 4.78 is 1.93. The van der Waals surface area contributed by atoms with Crippen LogP contribution in [0.15, 0.2) is 24.3 Å². The summed E-state index contributed by atoms with van der Waals surface area (Å²) in [6, 6.07) is 7.99. The lowest BCUT2D eigenvalue weighted by Gasteiger charge is -2.03. The minimum Gasteiger partial charge on any atom is -0.250 e. The molecule has 2 aromatic rings. The zero-order valence-corrected chi connectivity index (χ0v) is 7.23. The van der Waals surface area contributed by atoms with Gasteiger partial charge in [-0.2, -0.15) is 0 Å². The van der Waals surface area contributed by atoms with Crippen molar-refractivity contribution in [1.82, 2.24) is 15.0 Å². The van der Waals surface area contributed by atoms with E-state index < -0.39 is 0 Å². The Morgan fingerprint density at radius 1 is 1.42 bits per heavy atom. The summed E-state index contributed by atoms with van der Waals surface area (Å²) in [5.74, 6) is 0.373. The average Bonchev–Trinajstić information content (AvgIpc) is 2.47. The van der Waals surface area contributed by atoms with Gasteiger partial charge in [0, 0.05) is 5.94 Å². The van der Waals surface area contributed by atoms with E-state index in [4.69, 9.17) is 0 Å². The zero-order valence-electron chi connectivity index (χ0n) is 7.23. The minimum atomic E-state index is 0.373. The molecule has 1 aromatic carbocycles. The first kappa shape index (κ1) is 7.34. The van der Waals surface area contributed by atoms with Crippen LogP contribution >= 0.6 is 0 Å². The molecule has 3 nitrogen and oxygen atoms in total. The van der Waals surface area contributed by atoms with Crippen molar-refractivity contribution in [2.24, 2.45) is 0 Å². The van der Waals surface area contributed by atoms with Crippen LogP contribution in [0.5, 0.6) is 0 Å². The van der Waals surface area contributed by atoms with Crippen LogP contribution < -0.4 is 0 Å². The smallest absolute Gasteiger partial charge is 0.133 e. The van der Waals surface area contributed by atoms with Crippen LogP contribution in [-0.4, -0.2) is 22.8 Å². The second kappa shape index (κ2) is 2.62. The van der Waals surface area contributed by atoms with Crippen molar-refractivity contribution >= 4 is 18.9 Å². The first-order valence-corrected chi connectivity index (χ1v) is 4.09. The summed E-state index contributed by atoms with van der Waals surface area (Å²) in [5, 5.41) is 8.11. The molecule has 1 unspecified atom stereocenters. The van der Waals surface area contributed by atoms with Crippen molar-refractivity contribution in [2.75, 3.05) is 0 Å². The van der Waals surface area contributed by atoms with Crippen molar-refractivity contribution < 1.29 is 0 Å². The molecule has 0 N–H and O–H groups in total. The van der Waals surface area contributed by atoms with Gasteiger partial charge < -0.3 is 0 Å². The molecule has 0 bridgehead atoms. The van der Waals surface area contributed by atoms with Crippen molar-refractivity contribution in [1.29, 1.82) is 0 Å².